The lowest BCUT2D eigenvalue weighted by Gasteiger charge is -2.30. The van der Waals surface area contributed by atoms with Crippen molar-refractivity contribution >= 4 is 0 Å². The highest BCUT2D eigenvalue weighted by Crippen LogP contribution is 2.36. The zero-order valence-corrected chi connectivity index (χ0v) is 12.3. The summed E-state index contributed by atoms with van der Waals surface area (Å²) in [5.41, 5.74) is 11.0. The molecule has 3 rings (SSSR count). The zero-order valence-electron chi connectivity index (χ0n) is 12.3. The third-order valence-corrected chi connectivity index (χ3v) is 5.20. The number of aryl methyl sites for hydroxylation is 2. The third kappa shape index (κ3) is 2.86. The molecule has 19 heavy (non-hydrogen) atoms. The molecule has 0 radical (unpaired) electrons. The van der Waals surface area contributed by atoms with Crippen LogP contribution in [0.4, 0.5) is 0 Å². The predicted molar refractivity (Wildman–Crippen MR) is 81.2 cm³/mol. The Morgan fingerprint density at radius 3 is 2.47 bits per heavy atom. The number of hydrogen-bond acceptors (Lipinski definition) is 1. The Morgan fingerprint density at radius 1 is 1.05 bits per heavy atom. The number of fused-ring (bicyclic) bond motifs is 1. The minimum absolute atomic E-state index is 0.137. The number of benzene rings is 1. The molecule has 1 aromatic rings. The molecule has 0 aromatic heterocycles. The molecule has 2 N–H and O–H groups in total. The van der Waals surface area contributed by atoms with Gasteiger partial charge in [0.15, 0.2) is 0 Å². The average Bonchev–Trinajstić information content (AvgIpc) is 2.90. The fourth-order valence-electron chi connectivity index (χ4n) is 4.02. The van der Waals surface area contributed by atoms with Gasteiger partial charge >= 0.3 is 0 Å². The lowest BCUT2D eigenvalue weighted by Crippen LogP contribution is -2.35. The van der Waals surface area contributed by atoms with Gasteiger partial charge in [0.2, 0.25) is 0 Å². The standard InChI is InChI=1S/C18H27N/c1-18(19,13-14-6-2-3-7-14)17-11-10-15-8-4-5-9-16(15)12-17/h10-12,14H,2-9,13,19H2,1H3. The van der Waals surface area contributed by atoms with Crippen molar-refractivity contribution in [2.45, 2.75) is 70.3 Å². The van der Waals surface area contributed by atoms with Crippen LogP contribution in [0.5, 0.6) is 0 Å². The SMILES string of the molecule is CC(N)(CC1CCCC1)c1ccc2c(c1)CCCC2. The topological polar surface area (TPSA) is 26.0 Å². The monoisotopic (exact) mass is 257 g/mol. The summed E-state index contributed by atoms with van der Waals surface area (Å²) in [6.45, 7) is 2.23. The number of rotatable bonds is 3. The number of hydrogen-bond donors (Lipinski definition) is 1. The molecule has 0 heterocycles. The summed E-state index contributed by atoms with van der Waals surface area (Å²) in [5, 5.41) is 0. The van der Waals surface area contributed by atoms with Crippen LogP contribution in [0.25, 0.3) is 0 Å². The van der Waals surface area contributed by atoms with Crippen molar-refractivity contribution < 1.29 is 0 Å². The van der Waals surface area contributed by atoms with Crippen LogP contribution >= 0.6 is 0 Å². The normalized spacial score (nSPS) is 23.1. The second-order valence-corrected chi connectivity index (χ2v) is 6.96. The summed E-state index contributed by atoms with van der Waals surface area (Å²) < 4.78 is 0. The first-order valence-electron chi connectivity index (χ1n) is 8.06. The van der Waals surface area contributed by atoms with Crippen LogP contribution < -0.4 is 5.73 Å². The maximum Gasteiger partial charge on any atom is 0.0383 e. The van der Waals surface area contributed by atoms with Gasteiger partial charge in [-0.15, -0.1) is 0 Å². The molecule has 104 valence electrons. The van der Waals surface area contributed by atoms with E-state index >= 15 is 0 Å². The van der Waals surface area contributed by atoms with E-state index in [-0.39, 0.29) is 5.54 Å². The Hall–Kier alpha value is -0.820. The summed E-state index contributed by atoms with van der Waals surface area (Å²) in [4.78, 5) is 0. The molecule has 1 fully saturated rings. The van der Waals surface area contributed by atoms with Crippen LogP contribution in [0.1, 0.15) is 68.6 Å². The largest absolute Gasteiger partial charge is 0.322 e. The van der Waals surface area contributed by atoms with Crippen molar-refractivity contribution in [3.05, 3.63) is 34.9 Å². The molecule has 0 saturated heterocycles. The zero-order chi connectivity index (χ0) is 13.3. The Labute approximate surface area is 117 Å². The molecule has 1 unspecified atom stereocenters. The second kappa shape index (κ2) is 5.28. The van der Waals surface area contributed by atoms with Crippen LogP contribution in [0.2, 0.25) is 0 Å². The summed E-state index contributed by atoms with van der Waals surface area (Å²) in [7, 11) is 0. The van der Waals surface area contributed by atoms with Crippen molar-refractivity contribution in [3.8, 4) is 0 Å². The Kier molecular flexibility index (Phi) is 3.66. The van der Waals surface area contributed by atoms with Crippen LogP contribution in [0, 0.1) is 5.92 Å². The fourth-order valence-corrected chi connectivity index (χ4v) is 4.02. The molecule has 1 atom stereocenters. The van der Waals surface area contributed by atoms with Crippen LogP contribution in [0.15, 0.2) is 18.2 Å². The minimum atomic E-state index is -0.137. The summed E-state index contributed by atoms with van der Waals surface area (Å²) >= 11 is 0. The Bertz CT molecular complexity index is 441. The first kappa shape index (κ1) is 13.2. The minimum Gasteiger partial charge on any atom is -0.322 e. The van der Waals surface area contributed by atoms with E-state index in [4.69, 9.17) is 5.73 Å². The second-order valence-electron chi connectivity index (χ2n) is 6.96. The van der Waals surface area contributed by atoms with Gasteiger partial charge in [0.1, 0.15) is 0 Å². The van der Waals surface area contributed by atoms with Crippen molar-refractivity contribution in [2.75, 3.05) is 0 Å². The lowest BCUT2D eigenvalue weighted by molar-refractivity contribution is 0.349. The quantitative estimate of drug-likeness (QED) is 0.857. The lowest BCUT2D eigenvalue weighted by atomic mass is 9.80. The van der Waals surface area contributed by atoms with Gasteiger partial charge in [-0.2, -0.15) is 0 Å². The number of nitrogens with two attached hydrogens (primary N) is 1. The molecule has 0 spiro atoms. The van der Waals surface area contributed by atoms with Gasteiger partial charge in [0, 0.05) is 5.54 Å². The van der Waals surface area contributed by atoms with E-state index in [0.29, 0.717) is 0 Å². The molecule has 1 nitrogen and oxygen atoms in total. The Morgan fingerprint density at radius 2 is 1.74 bits per heavy atom. The van der Waals surface area contributed by atoms with Crippen molar-refractivity contribution in [3.63, 3.8) is 0 Å². The predicted octanol–water partition coefficient (Wildman–Crippen LogP) is 4.32. The van der Waals surface area contributed by atoms with E-state index in [1.54, 1.807) is 11.1 Å². The maximum atomic E-state index is 6.65. The van der Waals surface area contributed by atoms with E-state index in [0.717, 1.165) is 12.3 Å². The van der Waals surface area contributed by atoms with E-state index in [2.05, 4.69) is 25.1 Å². The molecule has 0 amide bonds. The molecule has 0 bridgehead atoms. The fraction of sp³-hybridized carbons (Fsp3) is 0.667. The summed E-state index contributed by atoms with van der Waals surface area (Å²) in [6, 6.07) is 7.03. The van der Waals surface area contributed by atoms with Crippen LogP contribution in [-0.2, 0) is 18.4 Å². The first-order chi connectivity index (χ1) is 9.15. The molecule has 2 aliphatic carbocycles. The van der Waals surface area contributed by atoms with Crippen LogP contribution in [0.3, 0.4) is 0 Å². The van der Waals surface area contributed by atoms with Crippen molar-refractivity contribution in [1.29, 1.82) is 0 Å². The highest BCUT2D eigenvalue weighted by molar-refractivity contribution is 5.36. The summed E-state index contributed by atoms with van der Waals surface area (Å²) in [5.74, 6) is 0.853. The smallest absolute Gasteiger partial charge is 0.0383 e. The highest BCUT2D eigenvalue weighted by Gasteiger charge is 2.28. The third-order valence-electron chi connectivity index (χ3n) is 5.20. The molecule has 1 aromatic carbocycles. The molecule has 0 aliphatic heterocycles. The van der Waals surface area contributed by atoms with E-state index in [1.807, 2.05) is 0 Å². The average molecular weight is 257 g/mol. The van der Waals surface area contributed by atoms with Gasteiger partial charge in [-0.25, -0.2) is 0 Å². The molecular formula is C18H27N. The van der Waals surface area contributed by atoms with Gasteiger partial charge in [0.05, 0.1) is 0 Å². The van der Waals surface area contributed by atoms with Gasteiger partial charge in [-0.3, -0.25) is 0 Å². The van der Waals surface area contributed by atoms with Crippen molar-refractivity contribution in [1.82, 2.24) is 0 Å². The maximum absolute atomic E-state index is 6.65. The van der Waals surface area contributed by atoms with E-state index < -0.39 is 0 Å². The highest BCUT2D eigenvalue weighted by atomic mass is 14.7. The van der Waals surface area contributed by atoms with E-state index in [1.165, 1.54) is 56.9 Å². The molecule has 1 heteroatoms. The van der Waals surface area contributed by atoms with Gasteiger partial charge in [-0.1, -0.05) is 43.9 Å². The van der Waals surface area contributed by atoms with Crippen LogP contribution in [-0.4, -0.2) is 0 Å². The van der Waals surface area contributed by atoms with Gasteiger partial charge in [-0.05, 0) is 61.6 Å². The summed E-state index contributed by atoms with van der Waals surface area (Å²) in [6.07, 6.45) is 12.0. The van der Waals surface area contributed by atoms with Gasteiger partial charge in [0.25, 0.3) is 0 Å². The first-order valence-corrected chi connectivity index (χ1v) is 8.06. The molecular weight excluding hydrogens is 230 g/mol. The molecule has 1 saturated carbocycles. The molecule has 2 aliphatic rings. The van der Waals surface area contributed by atoms with Gasteiger partial charge < -0.3 is 5.73 Å². The van der Waals surface area contributed by atoms with Crippen molar-refractivity contribution in [2.24, 2.45) is 11.7 Å². The Balaban J connectivity index is 1.79. The van der Waals surface area contributed by atoms with E-state index in [9.17, 15) is 0 Å².